The summed E-state index contributed by atoms with van der Waals surface area (Å²) in [5, 5.41) is 19.0. The molecular weight excluding hydrogens is 246 g/mol. The number of hydrogen-bond acceptors (Lipinski definition) is 2. The highest BCUT2D eigenvalue weighted by molar-refractivity contribution is 5.33. The Morgan fingerprint density at radius 2 is 1.90 bits per heavy atom. The molecule has 0 aliphatic heterocycles. The molecule has 2 heteroatoms. The lowest BCUT2D eigenvalue weighted by atomic mass is 9.76. The van der Waals surface area contributed by atoms with Crippen LogP contribution in [0.5, 0.6) is 0 Å². The third kappa shape index (κ3) is 3.71. The Hall–Kier alpha value is -1.59. The van der Waals surface area contributed by atoms with Crippen molar-refractivity contribution in [2.45, 2.75) is 51.0 Å². The Labute approximate surface area is 121 Å². The molecule has 2 nitrogen and oxygen atoms in total. The molecule has 20 heavy (non-hydrogen) atoms. The van der Waals surface area contributed by atoms with E-state index in [2.05, 4.69) is 24.3 Å². The summed E-state index contributed by atoms with van der Waals surface area (Å²) in [5.41, 5.74) is 2.06. The van der Waals surface area contributed by atoms with Gasteiger partial charge in [-0.3, -0.25) is 0 Å². The van der Waals surface area contributed by atoms with E-state index in [4.69, 9.17) is 5.26 Å². The van der Waals surface area contributed by atoms with Crippen LogP contribution in [-0.4, -0.2) is 11.2 Å². The number of rotatable bonds is 4. The number of hydrogen-bond donors (Lipinski definition) is 1. The predicted octanol–water partition coefficient (Wildman–Crippen LogP) is 4.16. The smallest absolute Gasteiger partial charge is 0.0991 e. The van der Waals surface area contributed by atoms with Gasteiger partial charge in [0.05, 0.1) is 17.7 Å². The van der Waals surface area contributed by atoms with E-state index in [9.17, 15) is 5.11 Å². The fourth-order valence-electron chi connectivity index (χ4n) is 3.14. The average Bonchev–Trinajstić information content (AvgIpc) is 2.53. The van der Waals surface area contributed by atoms with E-state index in [1.807, 2.05) is 25.1 Å². The molecule has 0 bridgehead atoms. The maximum Gasteiger partial charge on any atom is 0.0991 e. The van der Waals surface area contributed by atoms with Gasteiger partial charge in [0.2, 0.25) is 0 Å². The van der Waals surface area contributed by atoms with Crippen molar-refractivity contribution in [3.05, 3.63) is 47.5 Å². The first-order valence-corrected chi connectivity index (χ1v) is 7.54. The summed E-state index contributed by atoms with van der Waals surface area (Å²) in [7, 11) is 0. The van der Waals surface area contributed by atoms with Gasteiger partial charge in [-0.25, -0.2) is 0 Å². The van der Waals surface area contributed by atoms with Crippen molar-refractivity contribution in [3.63, 3.8) is 0 Å². The summed E-state index contributed by atoms with van der Waals surface area (Å²) in [6.45, 7) is 1.99. The highest BCUT2D eigenvalue weighted by Crippen LogP contribution is 2.37. The standard InChI is InChI=1S/C18H23NO/c1-2-3-4-18(20)17-11-9-16(10-12-17)15-7-5-14(13-19)6-8-15/h2-3,5-8,16-18,20H,4,9-12H2,1H3/b3-2+. The van der Waals surface area contributed by atoms with E-state index in [1.54, 1.807) is 0 Å². The third-order valence-electron chi connectivity index (χ3n) is 4.44. The fraction of sp³-hybridized carbons (Fsp3) is 0.500. The van der Waals surface area contributed by atoms with Gasteiger partial charge < -0.3 is 5.11 Å². The van der Waals surface area contributed by atoms with Crippen molar-refractivity contribution in [3.8, 4) is 6.07 Å². The molecule has 106 valence electrons. The maximum absolute atomic E-state index is 10.1. The number of aliphatic hydroxyl groups is 1. The van der Waals surface area contributed by atoms with Gasteiger partial charge in [-0.1, -0.05) is 24.3 Å². The van der Waals surface area contributed by atoms with Crippen LogP contribution < -0.4 is 0 Å². The van der Waals surface area contributed by atoms with Crippen LogP contribution in [0.4, 0.5) is 0 Å². The minimum Gasteiger partial charge on any atom is -0.393 e. The second-order valence-electron chi connectivity index (χ2n) is 5.72. The van der Waals surface area contributed by atoms with Gasteiger partial charge in [-0.15, -0.1) is 0 Å². The largest absolute Gasteiger partial charge is 0.393 e. The van der Waals surface area contributed by atoms with E-state index in [0.29, 0.717) is 11.8 Å². The van der Waals surface area contributed by atoms with E-state index in [1.165, 1.54) is 5.56 Å². The zero-order valence-corrected chi connectivity index (χ0v) is 12.1. The average molecular weight is 269 g/mol. The molecule has 1 aromatic carbocycles. The molecule has 1 saturated carbocycles. The predicted molar refractivity (Wildman–Crippen MR) is 81.3 cm³/mol. The fourth-order valence-corrected chi connectivity index (χ4v) is 3.14. The summed E-state index contributed by atoms with van der Waals surface area (Å²) in [6, 6.07) is 10.1. The second kappa shape index (κ2) is 7.26. The monoisotopic (exact) mass is 269 g/mol. The first-order chi connectivity index (χ1) is 9.74. The summed E-state index contributed by atoms with van der Waals surface area (Å²) >= 11 is 0. The Morgan fingerprint density at radius 3 is 2.45 bits per heavy atom. The highest BCUT2D eigenvalue weighted by Gasteiger charge is 2.26. The van der Waals surface area contributed by atoms with E-state index in [-0.39, 0.29) is 6.10 Å². The lowest BCUT2D eigenvalue weighted by Gasteiger charge is -2.31. The quantitative estimate of drug-likeness (QED) is 0.834. The van der Waals surface area contributed by atoms with Crippen molar-refractivity contribution in [1.29, 1.82) is 5.26 Å². The molecule has 1 aliphatic rings. The van der Waals surface area contributed by atoms with Crippen LogP contribution in [0, 0.1) is 17.2 Å². The van der Waals surface area contributed by atoms with E-state index >= 15 is 0 Å². The molecule has 1 fully saturated rings. The van der Waals surface area contributed by atoms with Crippen molar-refractivity contribution < 1.29 is 5.11 Å². The Morgan fingerprint density at radius 1 is 1.25 bits per heavy atom. The van der Waals surface area contributed by atoms with E-state index < -0.39 is 0 Å². The van der Waals surface area contributed by atoms with Crippen LogP contribution in [0.15, 0.2) is 36.4 Å². The Balaban J connectivity index is 1.88. The van der Waals surface area contributed by atoms with Crippen LogP contribution in [0.3, 0.4) is 0 Å². The number of benzene rings is 1. The van der Waals surface area contributed by atoms with Crippen molar-refractivity contribution in [2.75, 3.05) is 0 Å². The van der Waals surface area contributed by atoms with Gasteiger partial charge in [0, 0.05) is 0 Å². The molecule has 0 spiro atoms. The van der Waals surface area contributed by atoms with Crippen LogP contribution >= 0.6 is 0 Å². The zero-order chi connectivity index (χ0) is 14.4. The van der Waals surface area contributed by atoms with Crippen molar-refractivity contribution in [1.82, 2.24) is 0 Å². The van der Waals surface area contributed by atoms with Crippen LogP contribution in [0.25, 0.3) is 0 Å². The molecule has 0 saturated heterocycles. The molecule has 1 unspecified atom stereocenters. The molecule has 1 aliphatic carbocycles. The minimum absolute atomic E-state index is 0.187. The van der Waals surface area contributed by atoms with Crippen LogP contribution in [0.2, 0.25) is 0 Å². The molecule has 1 atom stereocenters. The third-order valence-corrected chi connectivity index (χ3v) is 4.44. The lowest BCUT2D eigenvalue weighted by Crippen LogP contribution is -2.24. The Bertz CT molecular complexity index is 475. The van der Waals surface area contributed by atoms with Gasteiger partial charge in [-0.2, -0.15) is 5.26 Å². The molecule has 0 radical (unpaired) electrons. The molecule has 2 rings (SSSR count). The molecule has 1 N–H and O–H groups in total. The summed E-state index contributed by atoms with van der Waals surface area (Å²) in [5.74, 6) is 1.04. The normalized spacial score (nSPS) is 24.4. The van der Waals surface area contributed by atoms with Gasteiger partial charge in [0.15, 0.2) is 0 Å². The molecule has 1 aromatic rings. The first-order valence-electron chi connectivity index (χ1n) is 7.54. The van der Waals surface area contributed by atoms with Crippen LogP contribution in [0.1, 0.15) is 56.1 Å². The zero-order valence-electron chi connectivity index (χ0n) is 12.1. The molecule has 0 heterocycles. The topological polar surface area (TPSA) is 44.0 Å². The van der Waals surface area contributed by atoms with Gasteiger partial charge in [-0.05, 0) is 68.6 Å². The first kappa shape index (κ1) is 14.8. The minimum atomic E-state index is -0.187. The van der Waals surface area contributed by atoms with Gasteiger partial charge >= 0.3 is 0 Å². The Kier molecular flexibility index (Phi) is 5.38. The van der Waals surface area contributed by atoms with Crippen molar-refractivity contribution in [2.24, 2.45) is 5.92 Å². The number of nitrogens with zero attached hydrogens (tertiary/aromatic N) is 1. The van der Waals surface area contributed by atoms with Crippen LogP contribution in [-0.2, 0) is 0 Å². The lowest BCUT2D eigenvalue weighted by molar-refractivity contribution is 0.0834. The SMILES string of the molecule is C/C=C/CC(O)C1CCC(c2ccc(C#N)cc2)CC1. The van der Waals surface area contributed by atoms with Gasteiger partial charge in [0.1, 0.15) is 0 Å². The number of nitriles is 1. The summed E-state index contributed by atoms with van der Waals surface area (Å²) in [4.78, 5) is 0. The summed E-state index contributed by atoms with van der Waals surface area (Å²) < 4.78 is 0. The highest BCUT2D eigenvalue weighted by atomic mass is 16.3. The van der Waals surface area contributed by atoms with E-state index in [0.717, 1.165) is 37.7 Å². The number of aliphatic hydroxyl groups excluding tert-OH is 1. The number of allylic oxidation sites excluding steroid dienone is 1. The second-order valence-corrected chi connectivity index (χ2v) is 5.72. The van der Waals surface area contributed by atoms with Gasteiger partial charge in [0.25, 0.3) is 0 Å². The molecule has 0 amide bonds. The molecular formula is C18H23NO. The molecule has 0 aromatic heterocycles. The summed E-state index contributed by atoms with van der Waals surface area (Å²) in [6.07, 6.45) is 9.14. The van der Waals surface area contributed by atoms with Crippen molar-refractivity contribution >= 4 is 0 Å². The maximum atomic E-state index is 10.1.